The number of rotatable bonds is 8. The van der Waals surface area contributed by atoms with Gasteiger partial charge in [-0.25, -0.2) is 8.42 Å². The zero-order chi connectivity index (χ0) is 19.3. The van der Waals surface area contributed by atoms with Crippen LogP contribution in [0.2, 0.25) is 0 Å². The molecule has 0 radical (unpaired) electrons. The van der Waals surface area contributed by atoms with Crippen molar-refractivity contribution in [2.75, 3.05) is 53.4 Å². The molecule has 0 bridgehead atoms. The molecule has 6 nitrogen and oxygen atoms in total. The third-order valence-electron chi connectivity index (χ3n) is 5.48. The highest BCUT2D eigenvalue weighted by molar-refractivity contribution is 7.89. The van der Waals surface area contributed by atoms with Crippen LogP contribution >= 0.6 is 0 Å². The first-order valence-corrected chi connectivity index (χ1v) is 11.5. The van der Waals surface area contributed by atoms with E-state index in [1.54, 1.807) is 28.6 Å². The maximum atomic E-state index is 12.9. The Kier molecular flexibility index (Phi) is 7.14. The van der Waals surface area contributed by atoms with E-state index in [4.69, 9.17) is 4.74 Å². The number of benzene rings is 1. The van der Waals surface area contributed by atoms with Gasteiger partial charge in [-0.2, -0.15) is 4.31 Å². The van der Waals surface area contributed by atoms with Gasteiger partial charge in [-0.1, -0.05) is 0 Å². The number of hydrogen-bond acceptors (Lipinski definition) is 5. The van der Waals surface area contributed by atoms with E-state index in [0.717, 1.165) is 51.2 Å². The highest BCUT2D eigenvalue weighted by Crippen LogP contribution is 2.26. The van der Waals surface area contributed by atoms with Crippen molar-refractivity contribution in [3.05, 3.63) is 24.3 Å². The zero-order valence-electron chi connectivity index (χ0n) is 16.6. The van der Waals surface area contributed by atoms with Crippen molar-refractivity contribution in [2.45, 2.75) is 43.1 Å². The summed E-state index contributed by atoms with van der Waals surface area (Å²) >= 11 is 0. The van der Waals surface area contributed by atoms with Crippen LogP contribution < -0.4 is 4.74 Å². The van der Waals surface area contributed by atoms with Crippen molar-refractivity contribution in [1.29, 1.82) is 0 Å². The van der Waals surface area contributed by atoms with Crippen molar-refractivity contribution >= 4 is 10.0 Å². The molecule has 0 spiro atoms. The minimum Gasteiger partial charge on any atom is -0.490 e. The number of hydrogen-bond donors (Lipinski definition) is 0. The van der Waals surface area contributed by atoms with E-state index in [1.807, 2.05) is 0 Å². The molecular weight excluding hydrogens is 362 g/mol. The lowest BCUT2D eigenvalue weighted by atomic mass is 10.3. The second kappa shape index (κ2) is 9.37. The van der Waals surface area contributed by atoms with Gasteiger partial charge >= 0.3 is 0 Å². The van der Waals surface area contributed by atoms with Crippen LogP contribution in [0.5, 0.6) is 5.75 Å². The lowest BCUT2D eigenvalue weighted by molar-refractivity contribution is 0.181. The molecule has 152 valence electrons. The van der Waals surface area contributed by atoms with Gasteiger partial charge in [0.2, 0.25) is 10.0 Å². The molecule has 2 aliphatic rings. The van der Waals surface area contributed by atoms with Gasteiger partial charge in [-0.15, -0.1) is 0 Å². The summed E-state index contributed by atoms with van der Waals surface area (Å²) in [7, 11) is 0.735. The Labute approximate surface area is 164 Å². The second-order valence-electron chi connectivity index (χ2n) is 7.90. The molecule has 1 aliphatic heterocycles. The summed E-state index contributed by atoms with van der Waals surface area (Å²) in [5.74, 6) is 0.770. The number of sulfonamides is 1. The van der Waals surface area contributed by atoms with E-state index in [-0.39, 0.29) is 6.10 Å². The Morgan fingerprint density at radius 3 is 2.26 bits per heavy atom. The normalized spacial score (nSPS) is 20.4. The molecule has 1 aromatic carbocycles. The maximum absolute atomic E-state index is 12.9. The first-order chi connectivity index (χ1) is 12.9. The summed E-state index contributed by atoms with van der Waals surface area (Å²) in [6.45, 7) is 4.81. The topological polar surface area (TPSA) is 53.1 Å². The molecule has 27 heavy (non-hydrogen) atoms. The van der Waals surface area contributed by atoms with Gasteiger partial charge in [-0.3, -0.25) is 0 Å². The quantitative estimate of drug-likeness (QED) is 0.676. The van der Waals surface area contributed by atoms with Crippen LogP contribution in [-0.2, 0) is 10.0 Å². The predicted octanol–water partition coefficient (Wildman–Crippen LogP) is 2.27. The van der Waals surface area contributed by atoms with Gasteiger partial charge < -0.3 is 14.5 Å². The largest absolute Gasteiger partial charge is 0.490 e. The van der Waals surface area contributed by atoms with Crippen LogP contribution in [0.1, 0.15) is 32.1 Å². The lowest BCUT2D eigenvalue weighted by Gasteiger charge is -2.34. The molecule has 3 rings (SSSR count). The van der Waals surface area contributed by atoms with Gasteiger partial charge in [0.25, 0.3) is 0 Å². The van der Waals surface area contributed by atoms with Gasteiger partial charge in [-0.05, 0) is 83.6 Å². The summed E-state index contributed by atoms with van der Waals surface area (Å²) < 4.78 is 33.4. The molecule has 7 heteroatoms. The first kappa shape index (κ1) is 20.6. The lowest BCUT2D eigenvalue weighted by Crippen LogP contribution is -2.48. The van der Waals surface area contributed by atoms with E-state index in [9.17, 15) is 8.42 Å². The highest BCUT2D eigenvalue weighted by atomic mass is 32.2. The van der Waals surface area contributed by atoms with Crippen LogP contribution in [0.15, 0.2) is 29.2 Å². The van der Waals surface area contributed by atoms with E-state index < -0.39 is 10.0 Å². The minimum atomic E-state index is -3.42. The first-order valence-electron chi connectivity index (χ1n) is 10.1. The third-order valence-corrected chi connectivity index (χ3v) is 7.39. The molecule has 0 aromatic heterocycles. The standard InChI is InChI=1S/C20H33N3O3S/c1-21(2)12-5-13-22-14-16-23(17-15-22)27(24,25)20-10-8-19(9-11-20)26-18-6-3-4-7-18/h8-11,18H,3-7,12-17H2,1-2H3. The van der Waals surface area contributed by atoms with Crippen LogP contribution in [0.25, 0.3) is 0 Å². The van der Waals surface area contributed by atoms with Gasteiger partial charge in [0.15, 0.2) is 0 Å². The minimum absolute atomic E-state index is 0.285. The summed E-state index contributed by atoms with van der Waals surface area (Å²) in [4.78, 5) is 4.90. The zero-order valence-corrected chi connectivity index (χ0v) is 17.5. The molecule has 2 fully saturated rings. The van der Waals surface area contributed by atoms with Gasteiger partial charge in [0.1, 0.15) is 5.75 Å². The van der Waals surface area contributed by atoms with E-state index >= 15 is 0 Å². The maximum Gasteiger partial charge on any atom is 0.243 e. The molecular formula is C20H33N3O3S. The summed E-state index contributed by atoms with van der Waals surface area (Å²) in [6, 6.07) is 6.96. The molecule has 1 saturated heterocycles. The molecule has 0 unspecified atom stereocenters. The second-order valence-corrected chi connectivity index (χ2v) is 9.84. The highest BCUT2D eigenvalue weighted by Gasteiger charge is 2.28. The number of nitrogens with zero attached hydrogens (tertiary/aromatic N) is 3. The molecule has 1 heterocycles. The summed E-state index contributed by atoms with van der Waals surface area (Å²) in [5, 5.41) is 0. The fourth-order valence-electron chi connectivity index (χ4n) is 3.84. The fourth-order valence-corrected chi connectivity index (χ4v) is 5.26. The molecule has 0 atom stereocenters. The Morgan fingerprint density at radius 1 is 1.04 bits per heavy atom. The summed E-state index contributed by atoms with van der Waals surface area (Å²) in [5.41, 5.74) is 0. The van der Waals surface area contributed by atoms with Gasteiger partial charge in [0.05, 0.1) is 11.0 Å². The molecule has 0 N–H and O–H groups in total. The Morgan fingerprint density at radius 2 is 1.67 bits per heavy atom. The van der Waals surface area contributed by atoms with E-state index in [0.29, 0.717) is 18.0 Å². The Hall–Kier alpha value is -1.15. The van der Waals surface area contributed by atoms with Crippen LogP contribution in [0.4, 0.5) is 0 Å². The van der Waals surface area contributed by atoms with Crippen LogP contribution in [0, 0.1) is 0 Å². The fraction of sp³-hybridized carbons (Fsp3) is 0.700. The van der Waals surface area contributed by atoms with Crippen molar-refractivity contribution in [3.8, 4) is 5.75 Å². The van der Waals surface area contributed by atoms with Gasteiger partial charge in [0, 0.05) is 26.2 Å². The SMILES string of the molecule is CN(C)CCCN1CCN(S(=O)(=O)c2ccc(OC3CCCC3)cc2)CC1. The van der Waals surface area contributed by atoms with Crippen LogP contribution in [0.3, 0.4) is 0 Å². The van der Waals surface area contributed by atoms with Crippen molar-refractivity contribution in [1.82, 2.24) is 14.1 Å². The smallest absolute Gasteiger partial charge is 0.243 e. The number of piperazine rings is 1. The van der Waals surface area contributed by atoms with Crippen molar-refractivity contribution in [3.63, 3.8) is 0 Å². The summed E-state index contributed by atoms with van der Waals surface area (Å²) in [6.07, 6.45) is 6.03. The van der Waals surface area contributed by atoms with Crippen molar-refractivity contribution in [2.24, 2.45) is 0 Å². The average molecular weight is 396 g/mol. The average Bonchev–Trinajstić information content (AvgIpc) is 3.15. The molecule has 1 aromatic rings. The van der Waals surface area contributed by atoms with Crippen molar-refractivity contribution < 1.29 is 13.2 Å². The Bertz CT molecular complexity index is 677. The van der Waals surface area contributed by atoms with E-state index in [1.165, 1.54) is 12.8 Å². The molecule has 0 amide bonds. The molecule has 1 saturated carbocycles. The van der Waals surface area contributed by atoms with Crippen LogP contribution in [-0.4, -0.2) is 82.0 Å². The van der Waals surface area contributed by atoms with E-state index in [2.05, 4.69) is 23.9 Å². The monoisotopic (exact) mass is 395 g/mol. The predicted molar refractivity (Wildman–Crippen MR) is 108 cm³/mol. The number of ether oxygens (including phenoxy) is 1. The third kappa shape index (κ3) is 5.67. The Balaban J connectivity index is 1.52. The molecule has 1 aliphatic carbocycles.